The highest BCUT2D eigenvalue weighted by atomic mass is 32.2. The molecule has 3 aromatic rings. The topological polar surface area (TPSA) is 97.3 Å². The average molecular weight is 428 g/mol. The summed E-state index contributed by atoms with van der Waals surface area (Å²) in [6.07, 6.45) is 3.22. The lowest BCUT2D eigenvalue weighted by Crippen LogP contribution is -2.24. The van der Waals surface area contributed by atoms with Gasteiger partial charge in [-0.15, -0.1) is 0 Å². The van der Waals surface area contributed by atoms with Gasteiger partial charge in [-0.05, 0) is 32.0 Å². The van der Waals surface area contributed by atoms with Crippen LogP contribution in [0.4, 0.5) is 11.5 Å². The summed E-state index contributed by atoms with van der Waals surface area (Å²) in [4.78, 5) is 15.3. The Morgan fingerprint density at radius 2 is 1.80 bits per heavy atom. The van der Waals surface area contributed by atoms with Crippen molar-refractivity contribution < 1.29 is 13.2 Å². The van der Waals surface area contributed by atoms with Crippen molar-refractivity contribution in [3.8, 4) is 11.1 Å². The molecule has 158 valence electrons. The summed E-state index contributed by atoms with van der Waals surface area (Å²) in [6, 6.07) is 10.0. The van der Waals surface area contributed by atoms with Gasteiger partial charge in [-0.1, -0.05) is 18.2 Å². The van der Waals surface area contributed by atoms with Crippen LogP contribution in [-0.2, 0) is 14.8 Å². The van der Waals surface area contributed by atoms with E-state index >= 15 is 0 Å². The number of pyridine rings is 1. The summed E-state index contributed by atoms with van der Waals surface area (Å²) in [6.45, 7) is 4.84. The number of hydrogen-bond acceptors (Lipinski definition) is 7. The van der Waals surface area contributed by atoms with Gasteiger partial charge in [-0.2, -0.15) is 0 Å². The first kappa shape index (κ1) is 21.7. The van der Waals surface area contributed by atoms with Crippen LogP contribution in [0.3, 0.4) is 0 Å². The number of anilines is 2. The van der Waals surface area contributed by atoms with Gasteiger partial charge in [-0.25, -0.2) is 18.4 Å². The average Bonchev–Trinajstić information content (AvgIpc) is 2.74. The minimum absolute atomic E-state index is 0.189. The lowest BCUT2D eigenvalue weighted by molar-refractivity contribution is 0.206. The van der Waals surface area contributed by atoms with Crippen molar-refractivity contribution in [3.63, 3.8) is 0 Å². The molecule has 0 bridgehead atoms. The highest BCUT2D eigenvalue weighted by Crippen LogP contribution is 2.32. The van der Waals surface area contributed by atoms with Crippen LogP contribution in [0.1, 0.15) is 11.4 Å². The number of benzene rings is 1. The smallest absolute Gasteiger partial charge is 0.261 e. The maximum Gasteiger partial charge on any atom is 0.261 e. The van der Waals surface area contributed by atoms with Crippen molar-refractivity contribution in [2.45, 2.75) is 18.7 Å². The van der Waals surface area contributed by atoms with Gasteiger partial charge >= 0.3 is 0 Å². The molecule has 8 nitrogen and oxygen atoms in total. The van der Waals surface area contributed by atoms with E-state index < -0.39 is 10.0 Å². The second kappa shape index (κ2) is 9.19. The number of aryl methyl sites for hydroxylation is 2. The summed E-state index contributed by atoms with van der Waals surface area (Å²) in [5.41, 5.74) is 3.27. The first-order chi connectivity index (χ1) is 14.3. The van der Waals surface area contributed by atoms with Gasteiger partial charge in [0.1, 0.15) is 12.1 Å². The molecule has 0 saturated heterocycles. The monoisotopic (exact) mass is 427 g/mol. The molecule has 0 atom stereocenters. The second-order valence-corrected chi connectivity index (χ2v) is 8.53. The van der Waals surface area contributed by atoms with Crippen LogP contribution in [0.25, 0.3) is 11.1 Å². The Morgan fingerprint density at radius 3 is 2.50 bits per heavy atom. The molecule has 0 unspecified atom stereocenters. The largest absolute Gasteiger partial charge is 0.383 e. The molecule has 0 aliphatic rings. The molecule has 30 heavy (non-hydrogen) atoms. The minimum atomic E-state index is -3.73. The first-order valence-corrected chi connectivity index (χ1v) is 10.9. The van der Waals surface area contributed by atoms with E-state index in [0.717, 1.165) is 22.6 Å². The fourth-order valence-corrected chi connectivity index (χ4v) is 4.13. The molecule has 9 heteroatoms. The van der Waals surface area contributed by atoms with E-state index in [9.17, 15) is 8.42 Å². The first-order valence-electron chi connectivity index (χ1n) is 9.40. The van der Waals surface area contributed by atoms with E-state index in [1.807, 2.05) is 18.9 Å². The van der Waals surface area contributed by atoms with Crippen LogP contribution in [-0.4, -0.2) is 50.7 Å². The van der Waals surface area contributed by atoms with Crippen LogP contribution in [0.2, 0.25) is 0 Å². The van der Waals surface area contributed by atoms with Crippen LogP contribution in [0, 0.1) is 13.8 Å². The molecule has 0 spiro atoms. The maximum atomic E-state index is 12.8. The fraction of sp³-hybridized carbons (Fsp3) is 0.286. The van der Waals surface area contributed by atoms with Gasteiger partial charge in [-0.3, -0.25) is 9.71 Å². The molecule has 1 aromatic carbocycles. The molecule has 0 radical (unpaired) electrons. The number of ether oxygens (including phenoxy) is 1. The van der Waals surface area contributed by atoms with E-state index in [2.05, 4.69) is 19.7 Å². The van der Waals surface area contributed by atoms with Gasteiger partial charge in [0.2, 0.25) is 0 Å². The lowest BCUT2D eigenvalue weighted by atomic mass is 10.1. The van der Waals surface area contributed by atoms with E-state index in [-0.39, 0.29) is 4.90 Å². The van der Waals surface area contributed by atoms with Crippen molar-refractivity contribution in [2.24, 2.45) is 0 Å². The minimum Gasteiger partial charge on any atom is -0.383 e. The number of sulfonamides is 1. The van der Waals surface area contributed by atoms with Crippen LogP contribution in [0.15, 0.2) is 53.8 Å². The highest BCUT2D eigenvalue weighted by molar-refractivity contribution is 7.92. The molecule has 1 N–H and O–H groups in total. The number of methoxy groups -OCH3 is 1. The zero-order valence-corrected chi connectivity index (χ0v) is 18.3. The standard InChI is InChI=1S/C21H25N5O3S/c1-15-19(25-30(27,28)18-8-6-5-7-9-18)12-17(13-22-15)20-16(2)23-14-24-21(20)26(3)10-11-29-4/h5-9,12-14,25H,10-11H2,1-4H3. The molecule has 0 amide bonds. The quantitative estimate of drug-likeness (QED) is 0.590. The van der Waals surface area contributed by atoms with Crippen LogP contribution in [0.5, 0.6) is 0 Å². The van der Waals surface area contributed by atoms with Crippen molar-refractivity contribution >= 4 is 21.5 Å². The number of nitrogens with one attached hydrogen (secondary N) is 1. The molecule has 0 fully saturated rings. The van der Waals surface area contributed by atoms with E-state index in [0.29, 0.717) is 24.5 Å². The number of nitrogens with zero attached hydrogens (tertiary/aromatic N) is 4. The zero-order valence-electron chi connectivity index (χ0n) is 17.5. The number of aromatic nitrogens is 3. The predicted octanol–water partition coefficient (Wildman–Crippen LogP) is 3.04. The Hall–Kier alpha value is -3.04. The Kier molecular flexibility index (Phi) is 6.63. The van der Waals surface area contributed by atoms with Gasteiger partial charge in [0.25, 0.3) is 10.0 Å². The van der Waals surface area contributed by atoms with Crippen LogP contribution >= 0.6 is 0 Å². The molecule has 0 aliphatic carbocycles. The Morgan fingerprint density at radius 1 is 1.07 bits per heavy atom. The molecule has 3 rings (SSSR count). The van der Waals surface area contributed by atoms with Gasteiger partial charge in [0.15, 0.2) is 0 Å². The summed E-state index contributed by atoms with van der Waals surface area (Å²) in [5.74, 6) is 0.724. The highest BCUT2D eigenvalue weighted by Gasteiger charge is 2.19. The molecule has 0 saturated carbocycles. The second-order valence-electron chi connectivity index (χ2n) is 6.85. The SMILES string of the molecule is COCCN(C)c1ncnc(C)c1-c1cnc(C)c(NS(=O)(=O)c2ccccc2)c1. The molecule has 2 aromatic heterocycles. The zero-order chi connectivity index (χ0) is 21.7. The van der Waals surface area contributed by atoms with Gasteiger partial charge in [0, 0.05) is 38.0 Å². The van der Waals surface area contributed by atoms with Gasteiger partial charge < -0.3 is 9.64 Å². The van der Waals surface area contributed by atoms with E-state index in [1.165, 1.54) is 6.33 Å². The number of rotatable bonds is 8. The van der Waals surface area contributed by atoms with Crippen LogP contribution < -0.4 is 9.62 Å². The Labute approximate surface area is 177 Å². The van der Waals surface area contributed by atoms with Crippen molar-refractivity contribution in [1.82, 2.24) is 15.0 Å². The Bertz CT molecular complexity index is 1120. The fourth-order valence-electron chi connectivity index (χ4n) is 3.00. The third-order valence-corrected chi connectivity index (χ3v) is 6.06. The Balaban J connectivity index is 2.02. The lowest BCUT2D eigenvalue weighted by Gasteiger charge is -2.22. The summed E-state index contributed by atoms with van der Waals surface area (Å²) < 4.78 is 33.4. The maximum absolute atomic E-state index is 12.8. The normalized spacial score (nSPS) is 11.3. The van der Waals surface area contributed by atoms with Crippen molar-refractivity contribution in [2.75, 3.05) is 36.9 Å². The third-order valence-electron chi connectivity index (χ3n) is 4.68. The van der Waals surface area contributed by atoms with E-state index in [1.54, 1.807) is 56.6 Å². The predicted molar refractivity (Wildman–Crippen MR) is 117 cm³/mol. The third kappa shape index (κ3) is 4.74. The van der Waals surface area contributed by atoms with Gasteiger partial charge in [0.05, 0.1) is 28.6 Å². The number of hydrogen-bond donors (Lipinski definition) is 1. The number of likely N-dealkylation sites (N-methyl/N-ethyl adjacent to an activating group) is 1. The summed E-state index contributed by atoms with van der Waals surface area (Å²) in [5, 5.41) is 0. The molecular weight excluding hydrogens is 402 g/mol. The van der Waals surface area contributed by atoms with Crippen molar-refractivity contribution in [3.05, 3.63) is 60.3 Å². The van der Waals surface area contributed by atoms with Crippen molar-refractivity contribution in [1.29, 1.82) is 0 Å². The molecule has 2 heterocycles. The molecule has 0 aliphatic heterocycles. The summed E-state index contributed by atoms with van der Waals surface area (Å²) in [7, 11) is -0.162. The summed E-state index contributed by atoms with van der Waals surface area (Å²) >= 11 is 0. The molecular formula is C21H25N5O3S. The van der Waals surface area contributed by atoms with E-state index in [4.69, 9.17) is 4.74 Å².